The lowest BCUT2D eigenvalue weighted by molar-refractivity contribution is -0.143. The molecule has 3 unspecified atom stereocenters. The SMILES string of the molecule is O=C(O)C1C2CCCC2CN1C(=O)OCc1ccccc1. The summed E-state index contributed by atoms with van der Waals surface area (Å²) in [6.07, 6.45) is 2.45. The van der Waals surface area contributed by atoms with Crippen LogP contribution in [0.15, 0.2) is 30.3 Å². The van der Waals surface area contributed by atoms with Gasteiger partial charge in [0.1, 0.15) is 12.6 Å². The molecule has 2 aliphatic rings. The molecule has 112 valence electrons. The number of likely N-dealkylation sites (tertiary alicyclic amines) is 1. The van der Waals surface area contributed by atoms with E-state index in [-0.39, 0.29) is 12.5 Å². The predicted molar refractivity (Wildman–Crippen MR) is 75.6 cm³/mol. The molecule has 3 rings (SSSR count). The summed E-state index contributed by atoms with van der Waals surface area (Å²) in [6.45, 7) is 0.688. The molecule has 2 fully saturated rings. The first kappa shape index (κ1) is 13.9. The standard InChI is InChI=1S/C16H19NO4/c18-15(19)14-13-8-4-7-12(13)9-17(14)16(20)21-10-11-5-2-1-3-6-11/h1-3,5-6,12-14H,4,7-10H2,(H,18,19). The summed E-state index contributed by atoms with van der Waals surface area (Å²) in [7, 11) is 0. The van der Waals surface area contributed by atoms with Crippen molar-refractivity contribution in [2.24, 2.45) is 11.8 Å². The number of rotatable bonds is 3. The van der Waals surface area contributed by atoms with Crippen molar-refractivity contribution in [1.82, 2.24) is 4.90 Å². The molecule has 1 heterocycles. The molecule has 0 bridgehead atoms. The third-order valence-electron chi connectivity index (χ3n) is 4.58. The molecule has 1 amide bonds. The third-order valence-corrected chi connectivity index (χ3v) is 4.58. The Bertz CT molecular complexity index is 530. The Kier molecular flexibility index (Phi) is 3.82. The first-order chi connectivity index (χ1) is 10.2. The normalized spacial score (nSPS) is 27.4. The number of hydrogen-bond donors (Lipinski definition) is 1. The van der Waals surface area contributed by atoms with Crippen LogP contribution < -0.4 is 0 Å². The van der Waals surface area contributed by atoms with Crippen molar-refractivity contribution in [2.75, 3.05) is 6.54 Å². The van der Waals surface area contributed by atoms with Crippen LogP contribution in [0.25, 0.3) is 0 Å². The number of nitrogens with zero attached hydrogens (tertiary/aromatic N) is 1. The number of fused-ring (bicyclic) bond motifs is 1. The van der Waals surface area contributed by atoms with Crippen molar-refractivity contribution in [3.8, 4) is 0 Å². The van der Waals surface area contributed by atoms with Gasteiger partial charge in [-0.3, -0.25) is 4.90 Å². The Morgan fingerprint density at radius 2 is 2.00 bits per heavy atom. The fourth-order valence-corrected chi connectivity index (χ4v) is 3.61. The number of ether oxygens (including phenoxy) is 1. The highest BCUT2D eigenvalue weighted by atomic mass is 16.6. The summed E-state index contributed by atoms with van der Waals surface area (Å²) < 4.78 is 5.28. The van der Waals surface area contributed by atoms with Gasteiger partial charge in [-0.2, -0.15) is 0 Å². The van der Waals surface area contributed by atoms with E-state index in [1.165, 1.54) is 4.90 Å². The lowest BCUT2D eigenvalue weighted by atomic mass is 9.94. The summed E-state index contributed by atoms with van der Waals surface area (Å²) in [5.41, 5.74) is 0.900. The second kappa shape index (κ2) is 5.76. The highest BCUT2D eigenvalue weighted by molar-refractivity contribution is 5.81. The summed E-state index contributed by atoms with van der Waals surface area (Å²) in [5.74, 6) is -0.511. The third kappa shape index (κ3) is 2.73. The van der Waals surface area contributed by atoms with Crippen LogP contribution in [0.4, 0.5) is 4.79 Å². The van der Waals surface area contributed by atoms with Gasteiger partial charge in [0.05, 0.1) is 0 Å². The summed E-state index contributed by atoms with van der Waals surface area (Å²) in [6, 6.07) is 8.68. The smallest absolute Gasteiger partial charge is 0.410 e. The number of benzene rings is 1. The molecule has 0 aromatic heterocycles. The molecule has 0 spiro atoms. The van der Waals surface area contributed by atoms with Gasteiger partial charge in [0.2, 0.25) is 0 Å². The molecule has 1 saturated heterocycles. The van der Waals surface area contributed by atoms with Crippen LogP contribution >= 0.6 is 0 Å². The van der Waals surface area contributed by atoms with Gasteiger partial charge >= 0.3 is 12.1 Å². The highest BCUT2D eigenvalue weighted by Crippen LogP contribution is 2.42. The second-order valence-corrected chi connectivity index (χ2v) is 5.83. The van der Waals surface area contributed by atoms with Gasteiger partial charge in [-0.05, 0) is 30.2 Å². The van der Waals surface area contributed by atoms with Crippen molar-refractivity contribution in [3.63, 3.8) is 0 Å². The maximum Gasteiger partial charge on any atom is 0.410 e. The van der Waals surface area contributed by atoms with E-state index in [9.17, 15) is 14.7 Å². The van der Waals surface area contributed by atoms with Crippen molar-refractivity contribution in [1.29, 1.82) is 0 Å². The Morgan fingerprint density at radius 1 is 1.24 bits per heavy atom. The molecule has 1 saturated carbocycles. The monoisotopic (exact) mass is 289 g/mol. The molecular formula is C16H19NO4. The van der Waals surface area contributed by atoms with E-state index in [0.29, 0.717) is 12.5 Å². The minimum Gasteiger partial charge on any atom is -0.480 e. The molecule has 1 aliphatic heterocycles. The number of aliphatic carboxylic acids is 1. The highest BCUT2D eigenvalue weighted by Gasteiger charge is 2.50. The first-order valence-electron chi connectivity index (χ1n) is 7.37. The van der Waals surface area contributed by atoms with Crippen LogP contribution in [0, 0.1) is 11.8 Å². The van der Waals surface area contributed by atoms with Gasteiger partial charge < -0.3 is 9.84 Å². The fraction of sp³-hybridized carbons (Fsp3) is 0.500. The zero-order valence-electron chi connectivity index (χ0n) is 11.8. The summed E-state index contributed by atoms with van der Waals surface area (Å²) in [5, 5.41) is 9.42. The Balaban J connectivity index is 1.65. The van der Waals surface area contributed by atoms with E-state index in [2.05, 4.69) is 0 Å². The average molecular weight is 289 g/mol. The van der Waals surface area contributed by atoms with Crippen LogP contribution in [0.1, 0.15) is 24.8 Å². The predicted octanol–water partition coefficient (Wildman–Crippen LogP) is 2.51. The minimum absolute atomic E-state index is 0.0896. The molecule has 0 radical (unpaired) electrons. The Labute approximate surface area is 123 Å². The first-order valence-corrected chi connectivity index (χ1v) is 7.37. The van der Waals surface area contributed by atoms with E-state index in [1.807, 2.05) is 30.3 Å². The largest absolute Gasteiger partial charge is 0.480 e. The molecule has 1 N–H and O–H groups in total. The van der Waals surface area contributed by atoms with Gasteiger partial charge in [0, 0.05) is 6.54 Å². The molecule has 1 aromatic rings. The minimum atomic E-state index is -0.916. The van der Waals surface area contributed by atoms with Gasteiger partial charge in [-0.1, -0.05) is 36.8 Å². The molecule has 5 nitrogen and oxygen atoms in total. The van der Waals surface area contributed by atoms with Crippen LogP contribution in [0.5, 0.6) is 0 Å². The molecule has 1 aromatic carbocycles. The van der Waals surface area contributed by atoms with Gasteiger partial charge in [0.15, 0.2) is 0 Å². The molecule has 1 aliphatic carbocycles. The Morgan fingerprint density at radius 3 is 2.71 bits per heavy atom. The van der Waals surface area contributed by atoms with E-state index in [4.69, 9.17) is 4.74 Å². The number of carboxylic acids is 1. The molecule has 21 heavy (non-hydrogen) atoms. The lowest BCUT2D eigenvalue weighted by Crippen LogP contribution is -2.43. The molecule has 5 heteroatoms. The van der Waals surface area contributed by atoms with E-state index in [0.717, 1.165) is 24.8 Å². The van der Waals surface area contributed by atoms with Crippen molar-refractivity contribution in [2.45, 2.75) is 31.9 Å². The number of carbonyl (C=O) groups is 2. The second-order valence-electron chi connectivity index (χ2n) is 5.83. The zero-order valence-corrected chi connectivity index (χ0v) is 11.8. The van der Waals surface area contributed by atoms with Crippen LogP contribution in [-0.2, 0) is 16.1 Å². The van der Waals surface area contributed by atoms with Crippen LogP contribution in [0.2, 0.25) is 0 Å². The average Bonchev–Trinajstić information content (AvgIpc) is 3.05. The molecule has 3 atom stereocenters. The van der Waals surface area contributed by atoms with Gasteiger partial charge in [0.25, 0.3) is 0 Å². The number of carboxylic acid groups (broad SMARTS) is 1. The lowest BCUT2D eigenvalue weighted by Gasteiger charge is -2.23. The van der Waals surface area contributed by atoms with Crippen LogP contribution in [-0.4, -0.2) is 34.7 Å². The summed E-state index contributed by atoms with van der Waals surface area (Å²) in [4.78, 5) is 25.1. The van der Waals surface area contributed by atoms with Gasteiger partial charge in [-0.15, -0.1) is 0 Å². The van der Waals surface area contributed by atoms with Crippen molar-refractivity contribution >= 4 is 12.1 Å². The molecular weight excluding hydrogens is 270 g/mol. The van der Waals surface area contributed by atoms with Crippen molar-refractivity contribution < 1.29 is 19.4 Å². The zero-order chi connectivity index (χ0) is 14.8. The summed E-state index contributed by atoms with van der Waals surface area (Å²) >= 11 is 0. The fourth-order valence-electron chi connectivity index (χ4n) is 3.61. The number of hydrogen-bond acceptors (Lipinski definition) is 3. The number of carbonyl (C=O) groups excluding carboxylic acids is 1. The van der Waals surface area contributed by atoms with E-state index < -0.39 is 18.1 Å². The van der Waals surface area contributed by atoms with Gasteiger partial charge in [-0.25, -0.2) is 9.59 Å². The van der Waals surface area contributed by atoms with E-state index in [1.54, 1.807) is 0 Å². The Hall–Kier alpha value is -2.04. The topological polar surface area (TPSA) is 66.8 Å². The number of amides is 1. The van der Waals surface area contributed by atoms with Crippen molar-refractivity contribution in [3.05, 3.63) is 35.9 Å². The van der Waals surface area contributed by atoms with E-state index >= 15 is 0 Å². The quantitative estimate of drug-likeness (QED) is 0.928. The van der Waals surface area contributed by atoms with Crippen LogP contribution in [0.3, 0.4) is 0 Å². The maximum atomic E-state index is 12.2. The maximum absolute atomic E-state index is 12.2.